The van der Waals surface area contributed by atoms with Crippen LogP contribution in [-0.2, 0) is 0 Å². The zero-order chi connectivity index (χ0) is 14.3. The third-order valence-corrected chi connectivity index (χ3v) is 18.8. The number of rotatable bonds is 3. The molecule has 0 aliphatic heterocycles. The molecule has 3 fully saturated rings. The first kappa shape index (κ1) is 15.8. The topological polar surface area (TPSA) is 41.6 Å². The maximum absolute atomic E-state index is 3.56. The molecule has 3 aliphatic carbocycles. The molecule has 21 heavy (non-hydrogen) atoms. The largest absolute Gasteiger partial charge is 0.266 e. The van der Waals surface area contributed by atoms with Crippen molar-refractivity contribution in [3.63, 3.8) is 0 Å². The molecule has 1 N–H and O–H groups in total. The van der Waals surface area contributed by atoms with E-state index in [1.807, 2.05) is 0 Å². The molecule has 3 nitrogen and oxygen atoms in total. The zero-order valence-electron chi connectivity index (χ0n) is 13.3. The molecule has 0 atom stereocenters. The summed E-state index contributed by atoms with van der Waals surface area (Å²) < 4.78 is 4.02. The van der Waals surface area contributed by atoms with Gasteiger partial charge in [-0.3, -0.25) is 5.10 Å². The fourth-order valence-electron chi connectivity index (χ4n) is 4.94. The fraction of sp³-hybridized carbons (Fsp3) is 0.882. The molecule has 3 aliphatic rings. The Hall–Kier alpha value is -0.0613. The molecule has 4 rings (SSSR count). The molecule has 1 aromatic heterocycles. The van der Waals surface area contributed by atoms with Gasteiger partial charge in [-0.2, -0.15) is 5.10 Å². The van der Waals surface area contributed by atoms with Crippen LogP contribution in [0.15, 0.2) is 12.7 Å². The second-order valence-corrected chi connectivity index (χ2v) is 16.9. The van der Waals surface area contributed by atoms with E-state index in [4.69, 9.17) is 0 Å². The maximum atomic E-state index is 3.56. The van der Waals surface area contributed by atoms with E-state index in [1.54, 1.807) is 77.0 Å². The smallest absolute Gasteiger partial charge is 0.137 e. The van der Waals surface area contributed by atoms with Crippen molar-refractivity contribution in [1.29, 1.82) is 0 Å². The number of nitrogens with zero attached hydrogens (tertiary/aromatic N) is 2. The van der Waals surface area contributed by atoms with Gasteiger partial charge >= 0.3 is 109 Å². The Morgan fingerprint density at radius 3 is 1.38 bits per heavy atom. The van der Waals surface area contributed by atoms with Crippen molar-refractivity contribution in [1.82, 2.24) is 15.2 Å². The van der Waals surface area contributed by atoms with E-state index in [0.29, 0.717) is 0 Å². The molecule has 0 spiro atoms. The molecule has 0 saturated heterocycles. The normalized spacial score (nSPS) is 24.6. The van der Waals surface area contributed by atoms with Crippen molar-refractivity contribution < 1.29 is 0 Å². The number of aromatic nitrogens is 3. The van der Waals surface area contributed by atoms with Gasteiger partial charge in [-0.25, -0.2) is 4.98 Å². The van der Waals surface area contributed by atoms with Gasteiger partial charge in [-0.1, -0.05) is 0 Å². The van der Waals surface area contributed by atoms with Crippen molar-refractivity contribution in [2.45, 2.75) is 88.9 Å². The molecule has 0 bridgehead atoms. The SMILES string of the molecule is C1CC[CH]([Sn]([CH]2CCCC2)[CH]2CCCC2)C1.c1nc[nH]n1. The van der Waals surface area contributed by atoms with Gasteiger partial charge in [-0.15, -0.1) is 0 Å². The van der Waals surface area contributed by atoms with Crippen LogP contribution in [0.3, 0.4) is 0 Å². The first-order valence-electron chi connectivity index (χ1n) is 9.10. The minimum absolute atomic E-state index is 1.04. The molecule has 3 saturated carbocycles. The average molecular weight is 395 g/mol. The maximum Gasteiger partial charge on any atom is 0.137 e. The van der Waals surface area contributed by atoms with E-state index in [0.717, 1.165) is 0 Å². The number of H-pyrrole nitrogens is 1. The monoisotopic (exact) mass is 396 g/mol. The summed E-state index contributed by atoms with van der Waals surface area (Å²) in [4.78, 5) is 3.56. The van der Waals surface area contributed by atoms with Gasteiger partial charge in [0.15, 0.2) is 0 Å². The van der Waals surface area contributed by atoms with Crippen LogP contribution in [0.5, 0.6) is 0 Å². The van der Waals surface area contributed by atoms with E-state index in [-0.39, 0.29) is 0 Å². The fourth-order valence-corrected chi connectivity index (χ4v) is 19.9. The standard InChI is InChI=1S/3C5H9.C2H3N3.Sn/c3*1-2-4-5-3-1;1-3-2-5-4-1;/h3*1H,2-5H2;1-2H,(H,3,4,5);. The van der Waals surface area contributed by atoms with Gasteiger partial charge in [0.2, 0.25) is 0 Å². The van der Waals surface area contributed by atoms with Gasteiger partial charge in [0.05, 0.1) is 0 Å². The molecule has 0 aromatic carbocycles. The van der Waals surface area contributed by atoms with Crippen molar-refractivity contribution >= 4 is 19.8 Å². The first-order valence-corrected chi connectivity index (χ1v) is 14.0. The Morgan fingerprint density at radius 2 is 1.14 bits per heavy atom. The summed E-state index contributed by atoms with van der Waals surface area (Å²) in [5.74, 6) is 0. The number of nitrogens with one attached hydrogen (secondary N) is 1. The predicted octanol–water partition coefficient (Wildman–Crippen LogP) is 5.12. The van der Waals surface area contributed by atoms with Crippen molar-refractivity contribution in [3.8, 4) is 0 Å². The van der Waals surface area contributed by atoms with E-state index >= 15 is 0 Å². The van der Waals surface area contributed by atoms with Crippen LogP contribution < -0.4 is 0 Å². The number of aromatic amines is 1. The van der Waals surface area contributed by atoms with E-state index < -0.39 is 19.8 Å². The molecule has 1 aromatic rings. The Bertz CT molecular complexity index is 308. The van der Waals surface area contributed by atoms with Crippen molar-refractivity contribution in [2.24, 2.45) is 0 Å². The van der Waals surface area contributed by atoms with Crippen LogP contribution in [0.1, 0.15) is 77.0 Å². The molecule has 0 amide bonds. The second-order valence-electron chi connectivity index (χ2n) is 7.10. The Morgan fingerprint density at radius 1 is 0.714 bits per heavy atom. The summed E-state index contributed by atoms with van der Waals surface area (Å²) >= 11 is -1.04. The third-order valence-electron chi connectivity index (χ3n) is 5.81. The Balaban J connectivity index is 0.000000225. The summed E-state index contributed by atoms with van der Waals surface area (Å²) in [6.07, 6.45) is 22.5. The molecule has 117 valence electrons. The number of hydrogen-bond donors (Lipinski definition) is 1. The summed E-state index contributed by atoms with van der Waals surface area (Å²) in [7, 11) is 0. The zero-order valence-corrected chi connectivity index (χ0v) is 16.1. The van der Waals surface area contributed by atoms with Crippen LogP contribution >= 0.6 is 0 Å². The molecule has 0 unspecified atom stereocenters. The molecular weight excluding hydrogens is 365 g/mol. The summed E-state index contributed by atoms with van der Waals surface area (Å²) in [5.41, 5.74) is 0. The summed E-state index contributed by atoms with van der Waals surface area (Å²) in [6, 6.07) is 0. The van der Waals surface area contributed by atoms with Crippen LogP contribution in [0.4, 0.5) is 0 Å². The van der Waals surface area contributed by atoms with Gasteiger partial charge in [-0.05, 0) is 0 Å². The average Bonchev–Trinajstić information content (AvgIpc) is 3.32. The second kappa shape index (κ2) is 8.54. The molecular formula is C17H30N3Sn. The van der Waals surface area contributed by atoms with E-state index in [1.165, 1.54) is 24.5 Å². The number of hydrogen-bond acceptors (Lipinski definition) is 2. The summed E-state index contributed by atoms with van der Waals surface area (Å²) in [5, 5.41) is 5.99. The Kier molecular flexibility index (Phi) is 6.43. The Labute approximate surface area is 136 Å². The van der Waals surface area contributed by atoms with Crippen LogP contribution in [0.25, 0.3) is 0 Å². The van der Waals surface area contributed by atoms with Crippen LogP contribution in [0, 0.1) is 0 Å². The third kappa shape index (κ3) is 4.46. The minimum atomic E-state index is -1.04. The van der Waals surface area contributed by atoms with E-state index in [2.05, 4.69) is 15.2 Å². The predicted molar refractivity (Wildman–Crippen MR) is 88.8 cm³/mol. The van der Waals surface area contributed by atoms with Crippen molar-refractivity contribution in [2.75, 3.05) is 0 Å². The van der Waals surface area contributed by atoms with Crippen LogP contribution in [0.2, 0.25) is 11.8 Å². The van der Waals surface area contributed by atoms with Gasteiger partial charge < -0.3 is 0 Å². The molecule has 1 radical (unpaired) electrons. The van der Waals surface area contributed by atoms with Crippen LogP contribution in [-0.4, -0.2) is 34.9 Å². The summed E-state index contributed by atoms with van der Waals surface area (Å²) in [6.45, 7) is 0. The van der Waals surface area contributed by atoms with Gasteiger partial charge in [0.1, 0.15) is 12.7 Å². The quantitative estimate of drug-likeness (QED) is 0.723. The minimum Gasteiger partial charge on any atom is -0.266 e. The first-order chi connectivity index (χ1) is 10.4. The van der Waals surface area contributed by atoms with Gasteiger partial charge in [0.25, 0.3) is 0 Å². The van der Waals surface area contributed by atoms with Gasteiger partial charge in [0, 0.05) is 0 Å². The molecule has 4 heteroatoms. The van der Waals surface area contributed by atoms with E-state index in [9.17, 15) is 0 Å². The van der Waals surface area contributed by atoms with Crippen molar-refractivity contribution in [3.05, 3.63) is 12.7 Å². The molecule has 1 heterocycles.